The molecule has 4 saturated heterocycles. The van der Waals surface area contributed by atoms with Crippen LogP contribution in [0.25, 0.3) is 0 Å². The van der Waals surface area contributed by atoms with Gasteiger partial charge in [0, 0.05) is 50.1 Å². The van der Waals surface area contributed by atoms with Gasteiger partial charge in [-0.1, -0.05) is 14.9 Å². The number of hydrogen-bond acceptors (Lipinski definition) is 4. The Morgan fingerprint density at radius 2 is 1.27 bits per heavy atom. The van der Waals surface area contributed by atoms with Crippen LogP contribution in [0.4, 0.5) is 0 Å². The van der Waals surface area contributed by atoms with Gasteiger partial charge in [0.2, 0.25) is 0 Å². The lowest BCUT2D eigenvalue weighted by Crippen LogP contribution is -2.69. The minimum atomic E-state index is 0. The monoisotopic (exact) mass is 314 g/mol. The third kappa shape index (κ3) is 3.66. The summed E-state index contributed by atoms with van der Waals surface area (Å²) in [4.78, 5) is 4.96. The summed E-state index contributed by atoms with van der Waals surface area (Å²) in [5.41, 5.74) is 0.925. The molecule has 4 nitrogen and oxygen atoms in total. The molecule has 0 aromatic carbocycles. The fourth-order valence-corrected chi connectivity index (χ4v) is 3.45. The van der Waals surface area contributed by atoms with Crippen LogP contribution in [-0.4, -0.2) is 73.5 Å². The lowest BCUT2D eigenvalue weighted by atomic mass is 9.77. The van der Waals surface area contributed by atoms with Crippen molar-refractivity contribution in [2.24, 2.45) is 5.41 Å². The lowest BCUT2D eigenvalue weighted by molar-refractivity contribution is -0.227. The van der Waals surface area contributed by atoms with Gasteiger partial charge in [-0.25, -0.2) is 0 Å². The van der Waals surface area contributed by atoms with Crippen LogP contribution in [0.2, 0.25) is 0 Å². The molecule has 0 N–H and O–H groups in total. The van der Waals surface area contributed by atoms with Gasteiger partial charge in [-0.15, -0.1) is 0 Å². The average molecular weight is 315 g/mol. The first-order chi connectivity index (χ1) is 9.44. The van der Waals surface area contributed by atoms with Crippen LogP contribution in [0, 0.1) is 5.41 Å². The first-order valence-corrected chi connectivity index (χ1v) is 8.14. The Kier molecular flexibility index (Phi) is 6.48. The molecular formula is C18H38N2O2. The molecule has 4 rings (SSSR count). The largest absolute Gasteiger partial charge is 0.380 e. The van der Waals surface area contributed by atoms with Crippen LogP contribution < -0.4 is 0 Å². The third-order valence-corrected chi connectivity index (χ3v) is 5.30. The number of nitrogens with zero attached hydrogens (tertiary/aromatic N) is 2. The molecule has 0 radical (unpaired) electrons. The van der Waals surface area contributed by atoms with Crippen LogP contribution in [0.15, 0.2) is 0 Å². The highest BCUT2D eigenvalue weighted by molar-refractivity contribution is 5.02. The molecule has 4 heterocycles. The van der Waals surface area contributed by atoms with E-state index in [4.69, 9.17) is 9.47 Å². The van der Waals surface area contributed by atoms with E-state index in [1.165, 1.54) is 32.6 Å². The van der Waals surface area contributed by atoms with Crippen molar-refractivity contribution in [1.29, 1.82) is 0 Å². The highest BCUT2D eigenvalue weighted by atomic mass is 16.5. The maximum absolute atomic E-state index is 5.49. The quantitative estimate of drug-likeness (QED) is 0.782. The van der Waals surface area contributed by atoms with Gasteiger partial charge in [-0.05, 0) is 27.7 Å². The molecule has 2 spiro atoms. The summed E-state index contributed by atoms with van der Waals surface area (Å²) in [6.45, 7) is 16.9. The summed E-state index contributed by atoms with van der Waals surface area (Å²) in [5, 5.41) is 0. The Labute approximate surface area is 138 Å². The van der Waals surface area contributed by atoms with Crippen molar-refractivity contribution in [1.82, 2.24) is 9.80 Å². The van der Waals surface area contributed by atoms with Gasteiger partial charge in [0.15, 0.2) is 0 Å². The van der Waals surface area contributed by atoms with E-state index in [1.807, 2.05) is 0 Å². The maximum Gasteiger partial charge on any atom is 0.0956 e. The smallest absolute Gasteiger partial charge is 0.0956 e. The molecule has 0 atom stereocenters. The maximum atomic E-state index is 5.49. The zero-order valence-corrected chi connectivity index (χ0v) is 13.5. The van der Waals surface area contributed by atoms with Crippen molar-refractivity contribution < 1.29 is 9.47 Å². The number of likely N-dealkylation sites (tertiary alicyclic amines) is 2. The minimum absolute atomic E-state index is 0. The molecular weight excluding hydrogens is 276 g/mol. The van der Waals surface area contributed by atoms with Crippen molar-refractivity contribution in [3.63, 3.8) is 0 Å². The number of rotatable bonds is 2. The van der Waals surface area contributed by atoms with Gasteiger partial charge >= 0.3 is 0 Å². The predicted molar refractivity (Wildman–Crippen MR) is 93.4 cm³/mol. The van der Waals surface area contributed by atoms with E-state index in [-0.39, 0.29) is 14.9 Å². The fraction of sp³-hybridized carbons (Fsp3) is 1.00. The van der Waals surface area contributed by atoms with Crippen molar-refractivity contribution in [3.8, 4) is 0 Å². The zero-order valence-electron chi connectivity index (χ0n) is 13.5. The van der Waals surface area contributed by atoms with Gasteiger partial charge in [0.25, 0.3) is 0 Å². The first-order valence-electron chi connectivity index (χ1n) is 8.14. The molecule has 22 heavy (non-hydrogen) atoms. The molecule has 4 aliphatic rings. The second-order valence-electron chi connectivity index (χ2n) is 7.77. The summed E-state index contributed by atoms with van der Waals surface area (Å²) >= 11 is 0. The van der Waals surface area contributed by atoms with Crippen LogP contribution in [0.3, 0.4) is 0 Å². The van der Waals surface area contributed by atoms with E-state index in [1.54, 1.807) is 0 Å². The summed E-state index contributed by atoms with van der Waals surface area (Å²) < 4.78 is 10.7. The lowest BCUT2D eigenvalue weighted by Gasteiger charge is -2.56. The second-order valence-corrected chi connectivity index (χ2v) is 7.77. The summed E-state index contributed by atoms with van der Waals surface area (Å²) in [6.07, 6.45) is 1.29. The summed E-state index contributed by atoms with van der Waals surface area (Å²) in [5.74, 6) is 0. The topological polar surface area (TPSA) is 24.9 Å². The van der Waals surface area contributed by atoms with Gasteiger partial charge < -0.3 is 9.47 Å². The van der Waals surface area contributed by atoms with E-state index in [0.717, 1.165) is 25.9 Å². The highest BCUT2D eigenvalue weighted by Gasteiger charge is 2.50. The molecule has 0 aromatic heterocycles. The zero-order chi connectivity index (χ0) is 14.4. The minimum Gasteiger partial charge on any atom is -0.380 e. The molecule has 0 unspecified atom stereocenters. The number of ether oxygens (including phenoxy) is 2. The molecule has 4 fully saturated rings. The van der Waals surface area contributed by atoms with Gasteiger partial charge in [0.1, 0.15) is 0 Å². The van der Waals surface area contributed by atoms with Crippen molar-refractivity contribution >= 4 is 0 Å². The van der Waals surface area contributed by atoms with Crippen molar-refractivity contribution in [2.45, 2.75) is 66.7 Å². The Morgan fingerprint density at radius 3 is 1.55 bits per heavy atom. The van der Waals surface area contributed by atoms with E-state index in [0.29, 0.717) is 17.1 Å². The average Bonchev–Trinajstić information content (AvgIpc) is 2.07. The van der Waals surface area contributed by atoms with Crippen molar-refractivity contribution in [2.75, 3.05) is 46.0 Å². The van der Waals surface area contributed by atoms with Crippen LogP contribution in [-0.2, 0) is 9.47 Å². The van der Waals surface area contributed by atoms with Gasteiger partial charge in [-0.3, -0.25) is 9.80 Å². The molecule has 132 valence electrons. The van der Waals surface area contributed by atoms with Crippen LogP contribution in [0.1, 0.15) is 49.0 Å². The van der Waals surface area contributed by atoms with Crippen LogP contribution >= 0.6 is 0 Å². The normalized spacial score (nSPS) is 27.5. The molecule has 0 bridgehead atoms. The Morgan fingerprint density at radius 1 is 0.818 bits per heavy atom. The van der Waals surface area contributed by atoms with Gasteiger partial charge in [0.05, 0.1) is 25.4 Å². The molecule has 4 heteroatoms. The standard InChI is InChI=1S/2C8H15NO.2CH4/c1-7(2)9-3-8(4-9)5-10-6-8;1-7(2)9-5-8(6-9)3-4-10-8;;/h2*7H,3-6H2,1-2H3;2*1H4. The summed E-state index contributed by atoms with van der Waals surface area (Å²) in [7, 11) is 0. The molecule has 0 aliphatic carbocycles. The third-order valence-electron chi connectivity index (χ3n) is 5.30. The van der Waals surface area contributed by atoms with Gasteiger partial charge in [-0.2, -0.15) is 0 Å². The Balaban J connectivity index is 0.000000202. The summed E-state index contributed by atoms with van der Waals surface area (Å²) in [6, 6.07) is 1.43. The first kappa shape index (κ1) is 19.9. The molecule has 0 saturated carbocycles. The molecule has 0 amide bonds. The van der Waals surface area contributed by atoms with E-state index in [2.05, 4.69) is 37.5 Å². The SMILES string of the molecule is C.C.CC(C)N1CC2(CCO2)C1.CC(C)N1CC2(COC2)C1. The van der Waals surface area contributed by atoms with E-state index < -0.39 is 0 Å². The fourth-order valence-electron chi connectivity index (χ4n) is 3.45. The Hall–Kier alpha value is -0.160. The van der Waals surface area contributed by atoms with Crippen LogP contribution in [0.5, 0.6) is 0 Å². The Bertz CT molecular complexity index is 299. The van der Waals surface area contributed by atoms with E-state index in [9.17, 15) is 0 Å². The second kappa shape index (κ2) is 7.16. The van der Waals surface area contributed by atoms with Crippen molar-refractivity contribution in [3.05, 3.63) is 0 Å². The molecule has 4 aliphatic heterocycles. The molecule has 0 aromatic rings. The highest BCUT2D eigenvalue weighted by Crippen LogP contribution is 2.38. The van der Waals surface area contributed by atoms with E-state index >= 15 is 0 Å². The number of hydrogen-bond donors (Lipinski definition) is 0. The predicted octanol–water partition coefficient (Wildman–Crippen LogP) is 2.87.